The lowest BCUT2D eigenvalue weighted by atomic mass is 10.2. The van der Waals surface area contributed by atoms with Crippen LogP contribution in [-0.2, 0) is 9.53 Å². The summed E-state index contributed by atoms with van der Waals surface area (Å²) >= 11 is 0. The number of hydrogen-bond acceptors (Lipinski definition) is 6. The molecule has 26 heavy (non-hydrogen) atoms. The first-order valence-electron chi connectivity index (χ1n) is 7.90. The van der Waals surface area contributed by atoms with Crippen molar-refractivity contribution in [2.75, 3.05) is 25.6 Å². The molecule has 136 valence electrons. The molecule has 0 unspecified atom stereocenters. The highest BCUT2D eigenvalue weighted by molar-refractivity contribution is 5.94. The largest absolute Gasteiger partial charge is 0.497 e. The standard InChI is InChI=1S/C19H19NO6/c1-3-25-19(23)13-4-6-15(7-5-13)20-18(22)12-26-17-9-8-16(24-2)10-14(17)11-21/h4-11H,3,12H2,1-2H3,(H,20,22). The average molecular weight is 357 g/mol. The molecular formula is C19H19NO6. The summed E-state index contributed by atoms with van der Waals surface area (Å²) in [6.45, 7) is 1.75. The van der Waals surface area contributed by atoms with Crippen LogP contribution >= 0.6 is 0 Å². The van der Waals surface area contributed by atoms with E-state index in [9.17, 15) is 14.4 Å². The molecule has 0 aliphatic heterocycles. The fraction of sp³-hybridized carbons (Fsp3) is 0.211. The molecule has 0 heterocycles. The Morgan fingerprint density at radius 3 is 2.46 bits per heavy atom. The summed E-state index contributed by atoms with van der Waals surface area (Å²) in [7, 11) is 1.49. The molecule has 0 fully saturated rings. The third-order valence-electron chi connectivity index (χ3n) is 3.38. The Hall–Kier alpha value is -3.35. The minimum Gasteiger partial charge on any atom is -0.497 e. The van der Waals surface area contributed by atoms with Crippen LogP contribution in [0.5, 0.6) is 11.5 Å². The lowest BCUT2D eigenvalue weighted by Crippen LogP contribution is -2.20. The normalized spacial score (nSPS) is 9.92. The number of nitrogens with one attached hydrogen (secondary N) is 1. The SMILES string of the molecule is CCOC(=O)c1ccc(NC(=O)COc2ccc(OC)cc2C=O)cc1. The lowest BCUT2D eigenvalue weighted by molar-refractivity contribution is -0.118. The highest BCUT2D eigenvalue weighted by Gasteiger charge is 2.10. The molecule has 0 saturated carbocycles. The van der Waals surface area contributed by atoms with E-state index in [1.54, 1.807) is 43.3 Å². The second-order valence-electron chi connectivity index (χ2n) is 5.16. The van der Waals surface area contributed by atoms with Crippen LogP contribution in [-0.4, -0.2) is 38.5 Å². The van der Waals surface area contributed by atoms with E-state index in [0.29, 0.717) is 29.9 Å². The number of amides is 1. The van der Waals surface area contributed by atoms with E-state index in [2.05, 4.69) is 5.32 Å². The molecule has 7 nitrogen and oxygen atoms in total. The van der Waals surface area contributed by atoms with Crippen LogP contribution in [0, 0.1) is 0 Å². The van der Waals surface area contributed by atoms with Crippen molar-refractivity contribution in [2.24, 2.45) is 0 Å². The van der Waals surface area contributed by atoms with Gasteiger partial charge in [0, 0.05) is 5.69 Å². The number of benzene rings is 2. The number of anilines is 1. The van der Waals surface area contributed by atoms with Crippen molar-refractivity contribution in [2.45, 2.75) is 6.92 Å². The Morgan fingerprint density at radius 2 is 1.85 bits per heavy atom. The topological polar surface area (TPSA) is 90.9 Å². The van der Waals surface area contributed by atoms with Crippen LogP contribution in [0.1, 0.15) is 27.6 Å². The molecule has 0 saturated heterocycles. The summed E-state index contributed by atoms with van der Waals surface area (Å²) < 4.78 is 15.3. The van der Waals surface area contributed by atoms with Gasteiger partial charge >= 0.3 is 5.97 Å². The molecular weight excluding hydrogens is 338 g/mol. The van der Waals surface area contributed by atoms with Gasteiger partial charge in [-0.1, -0.05) is 0 Å². The number of hydrogen-bond donors (Lipinski definition) is 1. The van der Waals surface area contributed by atoms with Gasteiger partial charge in [-0.15, -0.1) is 0 Å². The molecule has 1 amide bonds. The number of rotatable bonds is 8. The van der Waals surface area contributed by atoms with Gasteiger partial charge in [0.25, 0.3) is 5.91 Å². The maximum absolute atomic E-state index is 12.0. The highest BCUT2D eigenvalue weighted by Crippen LogP contribution is 2.22. The smallest absolute Gasteiger partial charge is 0.338 e. The second-order valence-corrected chi connectivity index (χ2v) is 5.16. The van der Waals surface area contributed by atoms with Gasteiger partial charge < -0.3 is 19.5 Å². The van der Waals surface area contributed by atoms with E-state index in [-0.39, 0.29) is 17.9 Å². The minimum atomic E-state index is -0.422. The Bertz CT molecular complexity index is 785. The average Bonchev–Trinajstić information content (AvgIpc) is 2.67. The molecule has 1 N–H and O–H groups in total. The van der Waals surface area contributed by atoms with Gasteiger partial charge in [-0.05, 0) is 49.4 Å². The first-order chi connectivity index (χ1) is 12.6. The van der Waals surface area contributed by atoms with Crippen molar-refractivity contribution in [3.05, 3.63) is 53.6 Å². The zero-order valence-corrected chi connectivity index (χ0v) is 14.5. The summed E-state index contributed by atoms with van der Waals surface area (Å²) in [6.07, 6.45) is 0.629. The summed E-state index contributed by atoms with van der Waals surface area (Å²) in [5.74, 6) is -0.0182. The highest BCUT2D eigenvalue weighted by atomic mass is 16.5. The Balaban J connectivity index is 1.93. The molecule has 2 aromatic carbocycles. The van der Waals surface area contributed by atoms with E-state index in [4.69, 9.17) is 14.2 Å². The predicted molar refractivity (Wildman–Crippen MR) is 94.9 cm³/mol. The molecule has 2 aromatic rings. The molecule has 2 rings (SSSR count). The van der Waals surface area contributed by atoms with Crippen molar-refractivity contribution in [3.63, 3.8) is 0 Å². The fourth-order valence-corrected chi connectivity index (χ4v) is 2.12. The number of carbonyl (C=O) groups excluding carboxylic acids is 3. The molecule has 7 heteroatoms. The monoisotopic (exact) mass is 357 g/mol. The fourth-order valence-electron chi connectivity index (χ4n) is 2.12. The van der Waals surface area contributed by atoms with Crippen molar-refractivity contribution in [3.8, 4) is 11.5 Å². The summed E-state index contributed by atoms with van der Waals surface area (Å²) in [5.41, 5.74) is 1.20. The number of esters is 1. The van der Waals surface area contributed by atoms with Crippen LogP contribution in [0.2, 0.25) is 0 Å². The minimum absolute atomic E-state index is 0.271. The predicted octanol–water partition coefficient (Wildman–Crippen LogP) is 2.70. The van der Waals surface area contributed by atoms with E-state index in [1.807, 2.05) is 0 Å². The number of ether oxygens (including phenoxy) is 3. The number of aldehydes is 1. The quantitative estimate of drug-likeness (QED) is 0.577. The van der Waals surface area contributed by atoms with Gasteiger partial charge in [0.15, 0.2) is 12.9 Å². The first kappa shape index (κ1) is 19.0. The molecule has 0 aliphatic carbocycles. The van der Waals surface area contributed by atoms with Gasteiger partial charge in [-0.2, -0.15) is 0 Å². The summed E-state index contributed by atoms with van der Waals surface area (Å²) in [5, 5.41) is 2.64. The summed E-state index contributed by atoms with van der Waals surface area (Å²) in [4.78, 5) is 34.7. The zero-order chi connectivity index (χ0) is 18.9. The Morgan fingerprint density at radius 1 is 1.12 bits per heavy atom. The molecule has 0 aliphatic rings. The van der Waals surface area contributed by atoms with Crippen molar-refractivity contribution in [1.29, 1.82) is 0 Å². The van der Waals surface area contributed by atoms with Gasteiger partial charge in [0.05, 0.1) is 24.8 Å². The molecule has 0 atom stereocenters. The molecule has 0 radical (unpaired) electrons. The van der Waals surface area contributed by atoms with Crippen LogP contribution < -0.4 is 14.8 Å². The van der Waals surface area contributed by atoms with E-state index in [0.717, 1.165) is 0 Å². The second kappa shape index (κ2) is 9.22. The maximum Gasteiger partial charge on any atom is 0.338 e. The van der Waals surface area contributed by atoms with Gasteiger partial charge in [0.1, 0.15) is 11.5 Å². The number of methoxy groups -OCH3 is 1. The third-order valence-corrected chi connectivity index (χ3v) is 3.38. The van der Waals surface area contributed by atoms with Gasteiger partial charge in [-0.3, -0.25) is 9.59 Å². The Labute approximate surface area is 150 Å². The van der Waals surface area contributed by atoms with Crippen LogP contribution in [0.25, 0.3) is 0 Å². The Kier molecular flexibility index (Phi) is 6.73. The zero-order valence-electron chi connectivity index (χ0n) is 14.5. The van der Waals surface area contributed by atoms with Crippen molar-refractivity contribution < 1.29 is 28.6 Å². The number of carbonyl (C=O) groups is 3. The first-order valence-corrected chi connectivity index (χ1v) is 7.90. The maximum atomic E-state index is 12.0. The molecule has 0 bridgehead atoms. The van der Waals surface area contributed by atoms with Crippen molar-refractivity contribution >= 4 is 23.9 Å². The van der Waals surface area contributed by atoms with E-state index in [1.165, 1.54) is 13.2 Å². The van der Waals surface area contributed by atoms with Crippen LogP contribution in [0.15, 0.2) is 42.5 Å². The summed E-state index contributed by atoms with van der Waals surface area (Å²) in [6, 6.07) is 11.0. The lowest BCUT2D eigenvalue weighted by Gasteiger charge is -2.10. The molecule has 0 aromatic heterocycles. The van der Waals surface area contributed by atoms with E-state index < -0.39 is 11.9 Å². The van der Waals surface area contributed by atoms with Gasteiger partial charge in [0.2, 0.25) is 0 Å². The van der Waals surface area contributed by atoms with Crippen LogP contribution in [0.3, 0.4) is 0 Å². The molecule has 0 spiro atoms. The van der Waals surface area contributed by atoms with Crippen LogP contribution in [0.4, 0.5) is 5.69 Å². The van der Waals surface area contributed by atoms with Gasteiger partial charge in [-0.25, -0.2) is 4.79 Å². The third kappa shape index (κ3) is 5.07. The van der Waals surface area contributed by atoms with Crippen molar-refractivity contribution in [1.82, 2.24) is 0 Å². The van der Waals surface area contributed by atoms with E-state index >= 15 is 0 Å².